The molecule has 6 nitrogen and oxygen atoms in total. The first-order valence-electron chi connectivity index (χ1n) is 6.51. The van der Waals surface area contributed by atoms with Crippen LogP contribution < -0.4 is 15.4 Å². The van der Waals surface area contributed by atoms with Gasteiger partial charge in [-0.25, -0.2) is 12.7 Å². The molecule has 2 aromatic carbocycles. The van der Waals surface area contributed by atoms with E-state index in [4.69, 9.17) is 5.73 Å². The molecule has 0 saturated carbocycles. The zero-order chi connectivity index (χ0) is 16.3. The largest absolute Gasteiger partial charge is 0.388 e. The van der Waals surface area contributed by atoms with E-state index < -0.39 is 15.9 Å². The number of anilines is 3. The molecular formula is C15H17N3O3S. The van der Waals surface area contributed by atoms with Crippen LogP contribution in [-0.4, -0.2) is 27.6 Å². The maximum Gasteiger partial charge on any atom is 0.248 e. The number of nitrogens with zero attached hydrogens (tertiary/aromatic N) is 1. The van der Waals surface area contributed by atoms with E-state index in [2.05, 4.69) is 5.32 Å². The Morgan fingerprint density at radius 1 is 1.09 bits per heavy atom. The van der Waals surface area contributed by atoms with E-state index in [1.54, 1.807) is 49.5 Å². The molecule has 0 spiro atoms. The molecule has 116 valence electrons. The lowest BCUT2D eigenvalue weighted by atomic mass is 10.1. The number of para-hydroxylation sites is 1. The summed E-state index contributed by atoms with van der Waals surface area (Å²) in [5.41, 5.74) is 6.96. The summed E-state index contributed by atoms with van der Waals surface area (Å²) in [6.07, 6.45) is 1.11. The number of primary amides is 1. The van der Waals surface area contributed by atoms with Crippen LogP contribution in [-0.2, 0) is 10.0 Å². The molecule has 0 unspecified atom stereocenters. The van der Waals surface area contributed by atoms with Crippen molar-refractivity contribution in [3.05, 3.63) is 54.1 Å². The van der Waals surface area contributed by atoms with E-state index in [-0.39, 0.29) is 5.56 Å². The first kappa shape index (κ1) is 15.8. The van der Waals surface area contributed by atoms with Crippen LogP contribution in [0.2, 0.25) is 0 Å². The summed E-state index contributed by atoms with van der Waals surface area (Å²) in [6, 6.07) is 13.3. The van der Waals surface area contributed by atoms with Crippen molar-refractivity contribution in [3.8, 4) is 0 Å². The molecule has 3 N–H and O–H groups in total. The maximum absolute atomic E-state index is 12.2. The Labute approximate surface area is 129 Å². The van der Waals surface area contributed by atoms with E-state index in [0.717, 1.165) is 6.26 Å². The predicted molar refractivity (Wildman–Crippen MR) is 87.9 cm³/mol. The summed E-state index contributed by atoms with van der Waals surface area (Å²) >= 11 is 0. The minimum absolute atomic E-state index is 0.228. The van der Waals surface area contributed by atoms with Gasteiger partial charge in [0.25, 0.3) is 0 Å². The minimum Gasteiger partial charge on any atom is -0.388 e. The summed E-state index contributed by atoms with van der Waals surface area (Å²) in [5, 5.41) is 2.89. The number of carbonyl (C=O) groups is 1. The molecule has 0 saturated heterocycles. The van der Waals surface area contributed by atoms with Crippen LogP contribution in [0.1, 0.15) is 10.4 Å². The monoisotopic (exact) mass is 319 g/mol. The lowest BCUT2D eigenvalue weighted by Crippen LogP contribution is -2.25. The number of amides is 1. The molecule has 2 aromatic rings. The molecule has 22 heavy (non-hydrogen) atoms. The molecule has 2 rings (SSSR count). The molecule has 0 bridgehead atoms. The quantitative estimate of drug-likeness (QED) is 0.880. The Balaban J connectivity index is 2.68. The second-order valence-electron chi connectivity index (χ2n) is 4.75. The average molecular weight is 319 g/mol. The average Bonchev–Trinajstić information content (AvgIpc) is 2.46. The fourth-order valence-electron chi connectivity index (χ4n) is 2.11. The molecule has 0 aliphatic rings. The zero-order valence-corrected chi connectivity index (χ0v) is 13.1. The normalized spacial score (nSPS) is 11.0. The van der Waals surface area contributed by atoms with Crippen LogP contribution in [0.25, 0.3) is 0 Å². The Hall–Kier alpha value is -2.54. The minimum atomic E-state index is -3.59. The van der Waals surface area contributed by atoms with Gasteiger partial charge in [-0.15, -0.1) is 0 Å². The van der Waals surface area contributed by atoms with Crippen LogP contribution in [0.4, 0.5) is 17.1 Å². The van der Waals surface area contributed by atoms with Gasteiger partial charge in [0, 0.05) is 18.3 Å². The van der Waals surface area contributed by atoms with Gasteiger partial charge in [0.15, 0.2) is 0 Å². The Kier molecular flexibility index (Phi) is 4.37. The van der Waals surface area contributed by atoms with Gasteiger partial charge in [0.05, 0.1) is 17.6 Å². The zero-order valence-electron chi connectivity index (χ0n) is 12.3. The lowest BCUT2D eigenvalue weighted by molar-refractivity contribution is 0.100. The standard InChI is InChI=1S/C15H17N3O3S/c1-17-12-8-11(15(16)19)9-14(10-12)18(22(2,20)21)13-6-4-3-5-7-13/h3-10,17H,1-2H3,(H2,16,19). The Morgan fingerprint density at radius 3 is 2.23 bits per heavy atom. The number of nitrogens with two attached hydrogens (primary N) is 1. The van der Waals surface area contributed by atoms with Crippen molar-refractivity contribution in [2.45, 2.75) is 0 Å². The van der Waals surface area contributed by atoms with Gasteiger partial charge in [-0.3, -0.25) is 4.79 Å². The maximum atomic E-state index is 12.2. The van der Waals surface area contributed by atoms with Crippen molar-refractivity contribution in [2.75, 3.05) is 22.9 Å². The van der Waals surface area contributed by atoms with Crippen LogP contribution in [0, 0.1) is 0 Å². The fourth-order valence-corrected chi connectivity index (χ4v) is 3.10. The summed E-state index contributed by atoms with van der Waals surface area (Å²) < 4.78 is 25.6. The molecule has 0 aliphatic heterocycles. The number of sulfonamides is 1. The van der Waals surface area contributed by atoms with Crippen molar-refractivity contribution < 1.29 is 13.2 Å². The lowest BCUT2D eigenvalue weighted by Gasteiger charge is -2.23. The number of hydrogen-bond acceptors (Lipinski definition) is 4. The highest BCUT2D eigenvalue weighted by Crippen LogP contribution is 2.31. The third-order valence-corrected chi connectivity index (χ3v) is 4.13. The summed E-state index contributed by atoms with van der Waals surface area (Å²) in [4.78, 5) is 11.5. The van der Waals surface area contributed by atoms with Gasteiger partial charge in [-0.05, 0) is 30.3 Å². The van der Waals surface area contributed by atoms with Gasteiger partial charge in [-0.2, -0.15) is 0 Å². The number of nitrogens with one attached hydrogen (secondary N) is 1. The first-order chi connectivity index (χ1) is 10.3. The van der Waals surface area contributed by atoms with Crippen LogP contribution in [0.15, 0.2) is 48.5 Å². The van der Waals surface area contributed by atoms with Crippen molar-refractivity contribution >= 4 is 33.0 Å². The van der Waals surface area contributed by atoms with E-state index >= 15 is 0 Å². The summed E-state index contributed by atoms with van der Waals surface area (Å²) in [5.74, 6) is -0.625. The Morgan fingerprint density at radius 2 is 1.73 bits per heavy atom. The highest BCUT2D eigenvalue weighted by atomic mass is 32.2. The molecule has 1 amide bonds. The van der Waals surface area contributed by atoms with E-state index in [0.29, 0.717) is 17.1 Å². The van der Waals surface area contributed by atoms with E-state index in [9.17, 15) is 13.2 Å². The molecule has 0 atom stereocenters. The van der Waals surface area contributed by atoms with Gasteiger partial charge < -0.3 is 11.1 Å². The molecule has 0 aromatic heterocycles. The number of hydrogen-bond donors (Lipinski definition) is 2. The fraction of sp³-hybridized carbons (Fsp3) is 0.133. The molecule has 0 heterocycles. The molecular weight excluding hydrogens is 302 g/mol. The third-order valence-electron chi connectivity index (χ3n) is 3.05. The Bertz CT molecular complexity index is 789. The van der Waals surface area contributed by atoms with Crippen molar-refractivity contribution in [2.24, 2.45) is 5.73 Å². The van der Waals surface area contributed by atoms with Crippen molar-refractivity contribution in [3.63, 3.8) is 0 Å². The highest BCUT2D eigenvalue weighted by molar-refractivity contribution is 7.92. The van der Waals surface area contributed by atoms with Gasteiger partial charge in [-0.1, -0.05) is 18.2 Å². The van der Waals surface area contributed by atoms with Crippen molar-refractivity contribution in [1.82, 2.24) is 0 Å². The van der Waals surface area contributed by atoms with Gasteiger partial charge in [0.2, 0.25) is 15.9 Å². The highest BCUT2D eigenvalue weighted by Gasteiger charge is 2.21. The second-order valence-corrected chi connectivity index (χ2v) is 6.58. The molecule has 7 heteroatoms. The van der Waals surface area contributed by atoms with E-state index in [1.165, 1.54) is 10.4 Å². The third kappa shape index (κ3) is 3.37. The molecule has 0 radical (unpaired) electrons. The number of benzene rings is 2. The first-order valence-corrected chi connectivity index (χ1v) is 8.36. The summed E-state index contributed by atoms with van der Waals surface area (Å²) in [7, 11) is -1.91. The summed E-state index contributed by atoms with van der Waals surface area (Å²) in [6.45, 7) is 0. The van der Waals surface area contributed by atoms with Gasteiger partial charge >= 0.3 is 0 Å². The molecule has 0 fully saturated rings. The number of carbonyl (C=O) groups excluding carboxylic acids is 1. The van der Waals surface area contributed by atoms with Crippen molar-refractivity contribution in [1.29, 1.82) is 0 Å². The SMILES string of the molecule is CNc1cc(C(N)=O)cc(N(c2ccccc2)S(C)(=O)=O)c1. The second kappa shape index (κ2) is 6.07. The topological polar surface area (TPSA) is 92.5 Å². The molecule has 0 aliphatic carbocycles. The van der Waals surface area contributed by atoms with Crippen LogP contribution >= 0.6 is 0 Å². The predicted octanol–water partition coefficient (Wildman–Crippen LogP) is 1.92. The smallest absolute Gasteiger partial charge is 0.248 e. The van der Waals surface area contributed by atoms with Gasteiger partial charge in [0.1, 0.15) is 0 Å². The van der Waals surface area contributed by atoms with E-state index in [1.807, 2.05) is 0 Å². The number of rotatable bonds is 5. The van der Waals surface area contributed by atoms with Crippen LogP contribution in [0.5, 0.6) is 0 Å². The van der Waals surface area contributed by atoms with Crippen LogP contribution in [0.3, 0.4) is 0 Å².